The lowest BCUT2D eigenvalue weighted by Crippen LogP contribution is -2.43. The summed E-state index contributed by atoms with van der Waals surface area (Å²) in [7, 11) is -3.59. The summed E-state index contributed by atoms with van der Waals surface area (Å²) in [5.74, 6) is 1.35. The van der Waals surface area contributed by atoms with E-state index in [1.807, 2.05) is 6.07 Å². The van der Waals surface area contributed by atoms with Crippen LogP contribution in [0.25, 0.3) is 0 Å². The number of hydrogen-bond acceptors (Lipinski definition) is 4. The van der Waals surface area contributed by atoms with Gasteiger partial charge in [0.2, 0.25) is 15.9 Å². The van der Waals surface area contributed by atoms with Gasteiger partial charge in [0.1, 0.15) is 0 Å². The molecule has 30 heavy (non-hydrogen) atoms. The van der Waals surface area contributed by atoms with E-state index in [4.69, 9.17) is 0 Å². The molecule has 8 heteroatoms. The molecule has 2 saturated heterocycles. The maximum Gasteiger partial charge on any atom is 0.244 e. The fraction of sp³-hybridized carbons (Fsp3) is 0.682. The number of benzene rings is 1. The second-order valence-electron chi connectivity index (χ2n) is 9.16. The van der Waals surface area contributed by atoms with E-state index in [0.29, 0.717) is 30.0 Å². The van der Waals surface area contributed by atoms with Crippen molar-refractivity contribution < 1.29 is 13.2 Å². The highest BCUT2D eigenvalue weighted by atomic mass is 79.9. The SMILES string of the molecule is CC(=O)N1CCc2cc(Br)c(S(=O)(=O)N3CCC(CN4CCC(C)CC4)CC3)cc21. The van der Waals surface area contributed by atoms with Gasteiger partial charge in [0, 0.05) is 43.3 Å². The van der Waals surface area contributed by atoms with E-state index in [1.54, 1.807) is 15.3 Å². The number of hydrogen-bond donors (Lipinski definition) is 0. The van der Waals surface area contributed by atoms with Crippen molar-refractivity contribution >= 4 is 37.5 Å². The van der Waals surface area contributed by atoms with Crippen molar-refractivity contribution in [2.24, 2.45) is 11.8 Å². The van der Waals surface area contributed by atoms with Crippen LogP contribution in [0.1, 0.15) is 45.1 Å². The van der Waals surface area contributed by atoms with Gasteiger partial charge in [0.15, 0.2) is 0 Å². The fourth-order valence-electron chi connectivity index (χ4n) is 4.99. The second-order valence-corrected chi connectivity index (χ2v) is 11.9. The van der Waals surface area contributed by atoms with Crippen molar-refractivity contribution in [3.05, 3.63) is 22.2 Å². The highest BCUT2D eigenvalue weighted by Gasteiger charge is 2.34. The number of nitrogens with zero attached hydrogens (tertiary/aromatic N) is 3. The van der Waals surface area contributed by atoms with Crippen LogP contribution in [0.3, 0.4) is 0 Å². The monoisotopic (exact) mass is 497 g/mol. The predicted molar refractivity (Wildman–Crippen MR) is 122 cm³/mol. The van der Waals surface area contributed by atoms with Crippen LogP contribution in [-0.2, 0) is 21.2 Å². The van der Waals surface area contributed by atoms with Gasteiger partial charge in [-0.05, 0) is 90.7 Å². The molecule has 1 aromatic carbocycles. The highest BCUT2D eigenvalue weighted by molar-refractivity contribution is 9.10. The Morgan fingerprint density at radius 2 is 1.73 bits per heavy atom. The highest BCUT2D eigenvalue weighted by Crippen LogP contribution is 2.37. The summed E-state index contributed by atoms with van der Waals surface area (Å²) < 4.78 is 29.0. The molecule has 0 unspecified atom stereocenters. The number of rotatable bonds is 4. The molecule has 6 nitrogen and oxygen atoms in total. The Labute approximate surface area is 188 Å². The minimum atomic E-state index is -3.59. The molecule has 0 atom stereocenters. The largest absolute Gasteiger partial charge is 0.312 e. The van der Waals surface area contributed by atoms with E-state index in [2.05, 4.69) is 27.8 Å². The van der Waals surface area contributed by atoms with Crippen molar-refractivity contribution in [1.82, 2.24) is 9.21 Å². The van der Waals surface area contributed by atoms with E-state index in [-0.39, 0.29) is 10.8 Å². The van der Waals surface area contributed by atoms with Crippen LogP contribution in [0.4, 0.5) is 5.69 Å². The van der Waals surface area contributed by atoms with Gasteiger partial charge in [-0.15, -0.1) is 0 Å². The van der Waals surface area contributed by atoms with Crippen LogP contribution >= 0.6 is 15.9 Å². The first-order chi connectivity index (χ1) is 14.3. The molecule has 3 aliphatic heterocycles. The number of halogens is 1. The van der Waals surface area contributed by atoms with Gasteiger partial charge in [-0.1, -0.05) is 6.92 Å². The first-order valence-electron chi connectivity index (χ1n) is 11.1. The summed E-state index contributed by atoms with van der Waals surface area (Å²) in [6, 6.07) is 3.55. The van der Waals surface area contributed by atoms with Crippen LogP contribution in [0.15, 0.2) is 21.5 Å². The van der Waals surface area contributed by atoms with E-state index in [9.17, 15) is 13.2 Å². The number of carbonyl (C=O) groups is 1. The van der Waals surface area contributed by atoms with E-state index in [0.717, 1.165) is 43.0 Å². The molecule has 0 aliphatic carbocycles. The summed E-state index contributed by atoms with van der Waals surface area (Å²) in [5, 5.41) is 0. The van der Waals surface area contributed by atoms with Crippen molar-refractivity contribution in [3.63, 3.8) is 0 Å². The lowest BCUT2D eigenvalue weighted by atomic mass is 9.94. The fourth-order valence-corrected chi connectivity index (χ4v) is 7.53. The van der Waals surface area contributed by atoms with Crippen LogP contribution in [0.5, 0.6) is 0 Å². The Hall–Kier alpha value is -0.960. The van der Waals surface area contributed by atoms with Crippen LogP contribution in [-0.4, -0.2) is 62.8 Å². The summed E-state index contributed by atoms with van der Waals surface area (Å²) in [5.41, 5.74) is 1.75. The number of anilines is 1. The van der Waals surface area contributed by atoms with Gasteiger partial charge < -0.3 is 9.80 Å². The summed E-state index contributed by atoms with van der Waals surface area (Å²) in [6.45, 7) is 9.04. The zero-order chi connectivity index (χ0) is 21.5. The van der Waals surface area contributed by atoms with Gasteiger partial charge in [-0.3, -0.25) is 4.79 Å². The quantitative estimate of drug-likeness (QED) is 0.638. The third-order valence-corrected chi connectivity index (χ3v) is 9.85. The van der Waals surface area contributed by atoms with Crippen molar-refractivity contribution in [1.29, 1.82) is 0 Å². The molecule has 1 amide bonds. The van der Waals surface area contributed by atoms with E-state index >= 15 is 0 Å². The Kier molecular flexibility index (Phi) is 6.59. The topological polar surface area (TPSA) is 60.9 Å². The number of carbonyl (C=O) groups excluding carboxylic acids is 1. The second kappa shape index (κ2) is 8.88. The molecule has 1 aromatic rings. The van der Waals surface area contributed by atoms with Crippen molar-refractivity contribution in [2.75, 3.05) is 44.2 Å². The number of sulfonamides is 1. The lowest BCUT2D eigenvalue weighted by molar-refractivity contribution is -0.116. The number of piperidine rings is 2. The molecule has 0 spiro atoms. The van der Waals surface area contributed by atoms with Gasteiger partial charge >= 0.3 is 0 Å². The molecule has 0 N–H and O–H groups in total. The van der Waals surface area contributed by atoms with Gasteiger partial charge in [0.05, 0.1) is 4.90 Å². The van der Waals surface area contributed by atoms with Crippen LogP contribution < -0.4 is 4.90 Å². The Bertz CT molecular complexity index is 904. The Morgan fingerprint density at radius 1 is 1.07 bits per heavy atom. The summed E-state index contributed by atoms with van der Waals surface area (Å²) >= 11 is 3.48. The zero-order valence-corrected chi connectivity index (χ0v) is 20.3. The molecule has 4 rings (SSSR count). The molecular formula is C22H32BrN3O3S. The van der Waals surface area contributed by atoms with Gasteiger partial charge in [-0.25, -0.2) is 8.42 Å². The standard InChI is InChI=1S/C22H32BrN3O3S/c1-16-3-8-24(9-4-16)15-18-5-10-25(11-6-18)30(28,29)22-14-21-19(13-20(22)23)7-12-26(21)17(2)27/h13-14,16,18H,3-12,15H2,1-2H3. The molecule has 0 aromatic heterocycles. The molecule has 166 valence electrons. The number of amides is 1. The van der Waals surface area contributed by atoms with Gasteiger partial charge in [-0.2, -0.15) is 4.31 Å². The van der Waals surface area contributed by atoms with Gasteiger partial charge in [0.25, 0.3) is 0 Å². The summed E-state index contributed by atoms with van der Waals surface area (Å²) in [4.78, 5) is 16.4. The Morgan fingerprint density at radius 3 is 2.37 bits per heavy atom. The molecule has 2 fully saturated rings. The average molecular weight is 498 g/mol. The molecule has 0 radical (unpaired) electrons. The Balaban J connectivity index is 1.44. The zero-order valence-electron chi connectivity index (χ0n) is 17.9. The maximum absolute atomic E-state index is 13.4. The number of fused-ring (bicyclic) bond motifs is 1. The first kappa shape index (κ1) is 22.2. The normalized spacial score (nSPS) is 22.4. The minimum Gasteiger partial charge on any atom is -0.312 e. The average Bonchev–Trinajstić information content (AvgIpc) is 3.12. The molecule has 0 bridgehead atoms. The summed E-state index contributed by atoms with van der Waals surface area (Å²) in [6.07, 6.45) is 5.13. The van der Waals surface area contributed by atoms with Crippen molar-refractivity contribution in [2.45, 2.75) is 50.8 Å². The first-order valence-corrected chi connectivity index (χ1v) is 13.3. The molecule has 0 saturated carbocycles. The van der Waals surface area contributed by atoms with Crippen LogP contribution in [0, 0.1) is 11.8 Å². The number of likely N-dealkylation sites (tertiary alicyclic amines) is 1. The third kappa shape index (κ3) is 4.47. The van der Waals surface area contributed by atoms with Crippen molar-refractivity contribution in [3.8, 4) is 0 Å². The molecule has 3 aliphatic rings. The van der Waals surface area contributed by atoms with Crippen LogP contribution in [0.2, 0.25) is 0 Å². The van der Waals surface area contributed by atoms with E-state index in [1.165, 1.54) is 32.9 Å². The predicted octanol–water partition coefficient (Wildman–Crippen LogP) is 3.49. The lowest BCUT2D eigenvalue weighted by Gasteiger charge is -2.36. The van der Waals surface area contributed by atoms with E-state index < -0.39 is 10.0 Å². The maximum atomic E-state index is 13.4. The minimum absolute atomic E-state index is 0.0488. The third-order valence-electron chi connectivity index (χ3n) is 6.99. The smallest absolute Gasteiger partial charge is 0.244 e. The molecular weight excluding hydrogens is 466 g/mol. The molecule has 3 heterocycles.